The molecule has 0 aromatic heterocycles. The molecule has 1 heterocycles. The van der Waals surface area contributed by atoms with Crippen molar-refractivity contribution in [3.8, 4) is 0 Å². The van der Waals surface area contributed by atoms with Gasteiger partial charge in [-0.15, -0.1) is 0 Å². The Kier molecular flexibility index (Phi) is 11.7. The largest absolute Gasteiger partial charge is 0.463 e. The van der Waals surface area contributed by atoms with Gasteiger partial charge in [-0.2, -0.15) is 0 Å². The normalized spacial score (nSPS) is 24.7. The van der Waals surface area contributed by atoms with Crippen LogP contribution in [0.3, 0.4) is 0 Å². The quantitative estimate of drug-likeness (QED) is 0.348. The summed E-state index contributed by atoms with van der Waals surface area (Å²) in [6.07, 6.45) is -3.99. The van der Waals surface area contributed by atoms with E-state index in [2.05, 4.69) is 5.32 Å². The maximum absolute atomic E-state index is 12.2. The van der Waals surface area contributed by atoms with Crippen LogP contribution in [0.4, 0.5) is 0 Å². The summed E-state index contributed by atoms with van der Waals surface area (Å²) in [4.78, 5) is 59.5. The number of esters is 4. The van der Waals surface area contributed by atoms with Crippen LogP contribution in [0.15, 0.2) is 0 Å². The van der Waals surface area contributed by atoms with E-state index in [9.17, 15) is 24.0 Å². The summed E-state index contributed by atoms with van der Waals surface area (Å²) in [7, 11) is 0. The summed E-state index contributed by atoms with van der Waals surface area (Å²) in [5.74, 6) is -2.65. The Hall–Kier alpha value is -2.69. The zero-order chi connectivity index (χ0) is 24.3. The molecule has 1 aliphatic heterocycles. The third kappa shape index (κ3) is 8.45. The summed E-state index contributed by atoms with van der Waals surface area (Å²) in [6.45, 7) is 7.12. The summed E-state index contributed by atoms with van der Waals surface area (Å²) in [6, 6.07) is -0.986. The molecule has 11 heteroatoms. The second kappa shape index (κ2) is 13.7. The minimum absolute atomic E-state index is 0.0313. The number of ether oxygens (including phenoxy) is 5. The minimum Gasteiger partial charge on any atom is -0.463 e. The van der Waals surface area contributed by atoms with Crippen LogP contribution in [-0.4, -0.2) is 73.5 Å². The summed E-state index contributed by atoms with van der Waals surface area (Å²) >= 11 is 0. The van der Waals surface area contributed by atoms with E-state index in [0.717, 1.165) is 0 Å². The third-order valence-corrected chi connectivity index (χ3v) is 4.67. The van der Waals surface area contributed by atoms with Crippen LogP contribution >= 0.6 is 0 Å². The third-order valence-electron chi connectivity index (χ3n) is 4.67. The van der Waals surface area contributed by atoms with Gasteiger partial charge in [-0.1, -0.05) is 27.7 Å². The molecule has 1 amide bonds. The Morgan fingerprint density at radius 1 is 0.688 bits per heavy atom. The number of amides is 1. The molecule has 0 radical (unpaired) electrons. The van der Waals surface area contributed by atoms with Gasteiger partial charge in [0.2, 0.25) is 5.91 Å². The molecule has 1 fully saturated rings. The Bertz CT molecular complexity index is 679. The van der Waals surface area contributed by atoms with E-state index in [1.165, 1.54) is 6.92 Å². The predicted octanol–water partition coefficient (Wildman–Crippen LogP) is 0.809. The second-order valence-corrected chi connectivity index (χ2v) is 7.13. The fraction of sp³-hybridized carbons (Fsp3) is 0.762. The lowest BCUT2D eigenvalue weighted by atomic mass is 9.92. The number of nitrogens with one attached hydrogen (secondary N) is 1. The molecule has 182 valence electrons. The molecule has 0 saturated carbocycles. The van der Waals surface area contributed by atoms with E-state index in [1.807, 2.05) is 0 Å². The first-order valence-electron chi connectivity index (χ1n) is 10.8. The number of carbonyl (C=O) groups is 5. The van der Waals surface area contributed by atoms with Gasteiger partial charge in [0.1, 0.15) is 25.4 Å². The first kappa shape index (κ1) is 27.3. The fourth-order valence-corrected chi connectivity index (χ4v) is 3.01. The van der Waals surface area contributed by atoms with Crippen molar-refractivity contribution < 1.29 is 47.7 Å². The van der Waals surface area contributed by atoms with Crippen molar-refractivity contribution in [3.63, 3.8) is 0 Å². The number of rotatable bonds is 11. The van der Waals surface area contributed by atoms with Gasteiger partial charge in [-0.05, 0) is 0 Å². The standard InChI is InChI=1S/C21H33NO10/c1-6-15(24)28-10-13-19(22-12(5)23)21(32-18(27)9-4)20(31-17(26)8-3)14(30-13)11-29-16(25)7-2/h13-14,19-21H,6-11H2,1-5H3,(H,22,23)/t13-,14?,19?,20+,21?/m0/s1. The molecular formula is C21H33NO10. The van der Waals surface area contributed by atoms with Crippen molar-refractivity contribution in [3.05, 3.63) is 0 Å². The van der Waals surface area contributed by atoms with Gasteiger partial charge in [0.25, 0.3) is 0 Å². The number of hydrogen-bond donors (Lipinski definition) is 1. The van der Waals surface area contributed by atoms with Crippen LogP contribution in [0.25, 0.3) is 0 Å². The zero-order valence-electron chi connectivity index (χ0n) is 19.2. The molecule has 3 unspecified atom stereocenters. The van der Waals surface area contributed by atoms with Gasteiger partial charge in [0.05, 0.1) is 6.04 Å². The van der Waals surface area contributed by atoms with Crippen LogP contribution in [0.5, 0.6) is 0 Å². The van der Waals surface area contributed by atoms with E-state index in [1.54, 1.807) is 27.7 Å². The molecule has 1 N–H and O–H groups in total. The lowest BCUT2D eigenvalue weighted by molar-refractivity contribution is -0.230. The lowest BCUT2D eigenvalue weighted by Crippen LogP contribution is -2.67. The van der Waals surface area contributed by atoms with Crippen molar-refractivity contribution in [2.45, 2.75) is 90.8 Å². The highest BCUT2D eigenvalue weighted by atomic mass is 16.6. The maximum Gasteiger partial charge on any atom is 0.306 e. The van der Waals surface area contributed by atoms with Gasteiger partial charge < -0.3 is 29.0 Å². The number of carbonyl (C=O) groups excluding carboxylic acids is 5. The van der Waals surface area contributed by atoms with E-state index >= 15 is 0 Å². The van der Waals surface area contributed by atoms with Crippen molar-refractivity contribution >= 4 is 29.8 Å². The molecule has 32 heavy (non-hydrogen) atoms. The van der Waals surface area contributed by atoms with Crippen LogP contribution in [0.2, 0.25) is 0 Å². The average molecular weight is 459 g/mol. The Morgan fingerprint density at radius 3 is 1.56 bits per heavy atom. The fourth-order valence-electron chi connectivity index (χ4n) is 3.01. The Morgan fingerprint density at radius 2 is 1.12 bits per heavy atom. The molecule has 0 aromatic carbocycles. The van der Waals surface area contributed by atoms with Gasteiger partial charge in [-0.25, -0.2) is 0 Å². The molecule has 1 saturated heterocycles. The molecule has 5 atom stereocenters. The SMILES string of the molecule is CCC(=O)OCC1O[C@@H](COC(=O)CC)C(NC(C)=O)C(OC(=O)CC)[C@@H]1OC(=O)CC. The Balaban J connectivity index is 3.33. The predicted molar refractivity (Wildman–Crippen MR) is 109 cm³/mol. The van der Waals surface area contributed by atoms with Crippen molar-refractivity contribution in [2.24, 2.45) is 0 Å². The van der Waals surface area contributed by atoms with Crippen LogP contribution in [-0.2, 0) is 47.7 Å². The molecule has 0 spiro atoms. The van der Waals surface area contributed by atoms with Crippen molar-refractivity contribution in [2.75, 3.05) is 13.2 Å². The molecule has 0 aromatic rings. The minimum atomic E-state index is -1.17. The molecule has 11 nitrogen and oxygen atoms in total. The molecule has 0 bridgehead atoms. The highest BCUT2D eigenvalue weighted by molar-refractivity contribution is 5.74. The Labute approximate surface area is 187 Å². The first-order valence-corrected chi connectivity index (χ1v) is 10.8. The average Bonchev–Trinajstić information content (AvgIpc) is 2.78. The monoisotopic (exact) mass is 459 g/mol. The van der Waals surface area contributed by atoms with Gasteiger partial charge in [0, 0.05) is 32.6 Å². The molecule has 1 rings (SSSR count). The summed E-state index contributed by atoms with van der Waals surface area (Å²) < 4.78 is 27.4. The lowest BCUT2D eigenvalue weighted by Gasteiger charge is -2.45. The van der Waals surface area contributed by atoms with Gasteiger partial charge >= 0.3 is 23.9 Å². The van der Waals surface area contributed by atoms with E-state index in [0.29, 0.717) is 0 Å². The van der Waals surface area contributed by atoms with Crippen molar-refractivity contribution in [1.29, 1.82) is 0 Å². The van der Waals surface area contributed by atoms with Crippen molar-refractivity contribution in [1.82, 2.24) is 5.32 Å². The number of hydrogen-bond acceptors (Lipinski definition) is 10. The summed E-state index contributed by atoms with van der Waals surface area (Å²) in [5, 5.41) is 2.64. The maximum atomic E-state index is 12.2. The topological polar surface area (TPSA) is 144 Å². The van der Waals surface area contributed by atoms with Crippen LogP contribution in [0, 0.1) is 0 Å². The second-order valence-electron chi connectivity index (χ2n) is 7.13. The van der Waals surface area contributed by atoms with E-state index in [-0.39, 0.29) is 38.9 Å². The van der Waals surface area contributed by atoms with Crippen LogP contribution < -0.4 is 5.32 Å². The first-order chi connectivity index (χ1) is 15.2. The van der Waals surface area contributed by atoms with Gasteiger partial charge in [0.15, 0.2) is 12.2 Å². The molecule has 1 aliphatic rings. The van der Waals surface area contributed by atoms with Crippen LogP contribution in [0.1, 0.15) is 60.3 Å². The van der Waals surface area contributed by atoms with E-state index in [4.69, 9.17) is 23.7 Å². The highest BCUT2D eigenvalue weighted by Gasteiger charge is 2.51. The van der Waals surface area contributed by atoms with Gasteiger partial charge in [-0.3, -0.25) is 24.0 Å². The smallest absolute Gasteiger partial charge is 0.306 e. The highest BCUT2D eigenvalue weighted by Crippen LogP contribution is 2.28. The summed E-state index contributed by atoms with van der Waals surface area (Å²) in [5.41, 5.74) is 0. The molecular weight excluding hydrogens is 426 g/mol. The molecule has 0 aliphatic carbocycles. The van der Waals surface area contributed by atoms with E-state index < -0.39 is 60.2 Å². The zero-order valence-corrected chi connectivity index (χ0v) is 19.2.